The number of hydrogen-bond acceptors (Lipinski definition) is 5. The number of aryl methyl sites for hydroxylation is 3. The van der Waals surface area contributed by atoms with Crippen molar-refractivity contribution in [2.45, 2.75) is 63.9 Å². The Hall–Kier alpha value is -1.67. The minimum Gasteiger partial charge on any atom is -0.361 e. The van der Waals surface area contributed by atoms with Crippen LogP contribution in [-0.2, 0) is 16.6 Å². The van der Waals surface area contributed by atoms with Gasteiger partial charge in [-0.15, -0.1) is 0 Å². The second-order valence-electron chi connectivity index (χ2n) is 6.28. The normalized spacial score (nSPS) is 20.2. The van der Waals surface area contributed by atoms with Gasteiger partial charge in [0.25, 0.3) is 0 Å². The second kappa shape index (κ2) is 6.68. The molecule has 0 unspecified atom stereocenters. The molecule has 0 bridgehead atoms. The van der Waals surface area contributed by atoms with E-state index in [4.69, 9.17) is 4.52 Å². The third-order valence-electron chi connectivity index (χ3n) is 4.50. The van der Waals surface area contributed by atoms with Crippen LogP contribution in [0.1, 0.15) is 55.8 Å². The second-order valence-corrected chi connectivity index (χ2v) is 8.14. The lowest BCUT2D eigenvalue weighted by Gasteiger charge is -2.27. The largest absolute Gasteiger partial charge is 0.361 e. The summed E-state index contributed by atoms with van der Waals surface area (Å²) in [5, 5.41) is 8.37. The fourth-order valence-corrected chi connectivity index (χ4v) is 5.09. The van der Waals surface area contributed by atoms with Gasteiger partial charge in [-0.2, -0.15) is 9.40 Å². The number of hydrogen-bond donors (Lipinski definition) is 0. The molecule has 2 aromatic heterocycles. The first-order valence-electron chi connectivity index (χ1n) is 8.42. The minimum absolute atomic E-state index is 0.278. The molecular weight excluding hydrogens is 328 g/mol. The molecule has 0 aliphatic carbocycles. The molecule has 1 fully saturated rings. The third-order valence-corrected chi connectivity index (χ3v) is 6.51. The summed E-state index contributed by atoms with van der Waals surface area (Å²) >= 11 is 0. The molecule has 0 radical (unpaired) electrons. The maximum absolute atomic E-state index is 13.3. The van der Waals surface area contributed by atoms with E-state index in [9.17, 15) is 8.42 Å². The summed E-state index contributed by atoms with van der Waals surface area (Å²) in [6.07, 6.45) is 5.24. The van der Waals surface area contributed by atoms with E-state index in [1.165, 1.54) is 0 Å². The highest BCUT2D eigenvalue weighted by Gasteiger charge is 2.36. The van der Waals surface area contributed by atoms with Gasteiger partial charge in [-0.05, 0) is 33.6 Å². The van der Waals surface area contributed by atoms with Crippen LogP contribution in [0.4, 0.5) is 0 Å². The molecule has 1 aliphatic heterocycles. The zero-order chi connectivity index (χ0) is 17.3. The van der Waals surface area contributed by atoms with Crippen molar-refractivity contribution < 1.29 is 12.9 Å². The monoisotopic (exact) mass is 352 g/mol. The fourth-order valence-electron chi connectivity index (χ4n) is 3.25. The van der Waals surface area contributed by atoms with Gasteiger partial charge in [-0.1, -0.05) is 18.0 Å². The van der Waals surface area contributed by atoms with E-state index in [-0.39, 0.29) is 10.9 Å². The van der Waals surface area contributed by atoms with Gasteiger partial charge >= 0.3 is 0 Å². The molecule has 0 amide bonds. The van der Waals surface area contributed by atoms with E-state index < -0.39 is 10.0 Å². The SMILES string of the molecule is CCn1cc(S(=O)(=O)N2CCCCC[C@H]2c2cc(C)on2)c(C)n1. The Labute approximate surface area is 142 Å². The minimum atomic E-state index is -3.63. The van der Waals surface area contributed by atoms with Crippen molar-refractivity contribution >= 4 is 10.0 Å². The predicted molar refractivity (Wildman–Crippen MR) is 89.0 cm³/mol. The van der Waals surface area contributed by atoms with Crippen molar-refractivity contribution in [3.63, 3.8) is 0 Å². The predicted octanol–water partition coefficient (Wildman–Crippen LogP) is 2.81. The van der Waals surface area contributed by atoms with E-state index in [0.717, 1.165) is 25.7 Å². The highest BCUT2D eigenvalue weighted by atomic mass is 32.2. The Balaban J connectivity index is 2.03. The molecule has 24 heavy (non-hydrogen) atoms. The summed E-state index contributed by atoms with van der Waals surface area (Å²) in [6.45, 7) is 6.64. The standard InChI is InChI=1S/C16H24N4O3S/c1-4-19-11-16(13(3)17-19)24(21,22)20-9-7-5-6-8-15(20)14-10-12(2)23-18-14/h10-11,15H,4-9H2,1-3H3/t15-/m0/s1. The van der Waals surface area contributed by atoms with Gasteiger partial charge in [-0.25, -0.2) is 8.42 Å². The number of rotatable bonds is 4. The summed E-state index contributed by atoms with van der Waals surface area (Å²) < 4.78 is 35.0. The van der Waals surface area contributed by atoms with Crippen molar-refractivity contribution in [3.8, 4) is 0 Å². The molecule has 1 aliphatic rings. The Morgan fingerprint density at radius 1 is 1.29 bits per heavy atom. The van der Waals surface area contributed by atoms with Crippen LogP contribution < -0.4 is 0 Å². The molecular formula is C16H24N4O3S. The average Bonchev–Trinajstić information content (AvgIpc) is 3.04. The molecule has 0 aromatic carbocycles. The molecule has 3 heterocycles. The van der Waals surface area contributed by atoms with Crippen molar-refractivity contribution in [1.29, 1.82) is 0 Å². The average molecular weight is 352 g/mol. The van der Waals surface area contributed by atoms with Gasteiger partial charge < -0.3 is 4.52 Å². The zero-order valence-electron chi connectivity index (χ0n) is 14.4. The third kappa shape index (κ3) is 3.12. The summed E-state index contributed by atoms with van der Waals surface area (Å²) in [5.41, 5.74) is 1.23. The maximum atomic E-state index is 13.3. The van der Waals surface area contributed by atoms with Crippen LogP contribution in [0.15, 0.2) is 21.7 Å². The Morgan fingerprint density at radius 3 is 2.71 bits per heavy atom. The Kier molecular flexibility index (Phi) is 4.78. The van der Waals surface area contributed by atoms with E-state index in [1.807, 2.05) is 19.9 Å². The van der Waals surface area contributed by atoms with Gasteiger partial charge in [0.1, 0.15) is 16.3 Å². The van der Waals surface area contributed by atoms with Gasteiger partial charge in [-0.3, -0.25) is 4.68 Å². The summed E-state index contributed by atoms with van der Waals surface area (Å²) in [4.78, 5) is 0.288. The van der Waals surface area contributed by atoms with Gasteiger partial charge in [0.2, 0.25) is 10.0 Å². The van der Waals surface area contributed by atoms with Crippen LogP contribution >= 0.6 is 0 Å². The number of sulfonamides is 1. The van der Waals surface area contributed by atoms with Crippen LogP contribution in [0, 0.1) is 13.8 Å². The lowest BCUT2D eigenvalue weighted by Crippen LogP contribution is -2.35. The van der Waals surface area contributed by atoms with E-state index in [0.29, 0.717) is 30.2 Å². The van der Waals surface area contributed by atoms with E-state index in [2.05, 4.69) is 10.3 Å². The summed E-state index contributed by atoms with van der Waals surface area (Å²) in [7, 11) is -3.63. The van der Waals surface area contributed by atoms with Gasteiger partial charge in [0.15, 0.2) is 0 Å². The van der Waals surface area contributed by atoms with Crippen LogP contribution in [0.25, 0.3) is 0 Å². The topological polar surface area (TPSA) is 81.2 Å². The maximum Gasteiger partial charge on any atom is 0.247 e. The molecule has 0 saturated carbocycles. The van der Waals surface area contributed by atoms with Crippen molar-refractivity contribution in [3.05, 3.63) is 29.4 Å². The molecule has 8 heteroatoms. The first-order valence-corrected chi connectivity index (χ1v) is 9.86. The van der Waals surface area contributed by atoms with Gasteiger partial charge in [0, 0.05) is 25.4 Å². The van der Waals surface area contributed by atoms with Crippen molar-refractivity contribution in [2.24, 2.45) is 0 Å². The van der Waals surface area contributed by atoms with Crippen LogP contribution in [0.5, 0.6) is 0 Å². The number of nitrogens with zero attached hydrogens (tertiary/aromatic N) is 4. The van der Waals surface area contributed by atoms with Crippen molar-refractivity contribution in [2.75, 3.05) is 6.54 Å². The fraction of sp³-hybridized carbons (Fsp3) is 0.625. The Bertz CT molecular complexity index is 809. The highest BCUT2D eigenvalue weighted by molar-refractivity contribution is 7.89. The molecule has 0 N–H and O–H groups in total. The van der Waals surface area contributed by atoms with E-state index >= 15 is 0 Å². The van der Waals surface area contributed by atoms with Crippen molar-refractivity contribution in [1.82, 2.24) is 19.2 Å². The Morgan fingerprint density at radius 2 is 2.08 bits per heavy atom. The van der Waals surface area contributed by atoms with Crippen LogP contribution in [-0.4, -0.2) is 34.2 Å². The molecule has 3 rings (SSSR count). The first-order chi connectivity index (χ1) is 11.4. The zero-order valence-corrected chi connectivity index (χ0v) is 15.2. The molecule has 1 atom stereocenters. The first kappa shape index (κ1) is 17.2. The van der Waals surface area contributed by atoms with E-state index in [1.54, 1.807) is 22.1 Å². The molecule has 7 nitrogen and oxygen atoms in total. The lowest BCUT2D eigenvalue weighted by atomic mass is 10.1. The van der Waals surface area contributed by atoms with Crippen LogP contribution in [0.2, 0.25) is 0 Å². The molecule has 1 saturated heterocycles. The lowest BCUT2D eigenvalue weighted by molar-refractivity contribution is 0.304. The molecule has 2 aromatic rings. The van der Waals surface area contributed by atoms with Crippen LogP contribution in [0.3, 0.4) is 0 Å². The number of aromatic nitrogens is 3. The quantitative estimate of drug-likeness (QED) is 0.845. The molecule has 132 valence electrons. The smallest absolute Gasteiger partial charge is 0.247 e. The molecule has 0 spiro atoms. The summed E-state index contributed by atoms with van der Waals surface area (Å²) in [6, 6.07) is 1.56. The highest BCUT2D eigenvalue weighted by Crippen LogP contribution is 2.35. The van der Waals surface area contributed by atoms with Gasteiger partial charge in [0.05, 0.1) is 11.7 Å². The summed E-state index contributed by atoms with van der Waals surface area (Å²) in [5.74, 6) is 0.696.